The van der Waals surface area contributed by atoms with Gasteiger partial charge in [-0.15, -0.1) is 0 Å². The molecule has 2 saturated carbocycles. The van der Waals surface area contributed by atoms with Crippen LogP contribution in [-0.2, 0) is 0 Å². The Morgan fingerprint density at radius 3 is 2.33 bits per heavy atom. The average molecular weight is 210 g/mol. The van der Waals surface area contributed by atoms with Gasteiger partial charge in [-0.25, -0.2) is 0 Å². The van der Waals surface area contributed by atoms with Crippen LogP contribution < -0.4 is 11.3 Å². The Bertz CT molecular complexity index is 193. The van der Waals surface area contributed by atoms with Gasteiger partial charge in [0.1, 0.15) is 0 Å². The second kappa shape index (κ2) is 4.84. The molecule has 4 unspecified atom stereocenters. The van der Waals surface area contributed by atoms with Gasteiger partial charge in [0.05, 0.1) is 0 Å². The average Bonchev–Trinajstić information content (AvgIpc) is 3.00. The minimum Gasteiger partial charge on any atom is -0.271 e. The summed E-state index contributed by atoms with van der Waals surface area (Å²) in [6, 6.07) is 0.591. The van der Waals surface area contributed by atoms with Gasteiger partial charge in [0.25, 0.3) is 0 Å². The fraction of sp³-hybridized carbons (Fsp3) is 1.00. The molecule has 0 aliphatic heterocycles. The molecule has 4 atom stereocenters. The summed E-state index contributed by atoms with van der Waals surface area (Å²) in [6.07, 6.45) is 8.39. The van der Waals surface area contributed by atoms with Crippen molar-refractivity contribution in [1.29, 1.82) is 0 Å². The zero-order chi connectivity index (χ0) is 10.8. The van der Waals surface area contributed by atoms with Crippen LogP contribution in [-0.4, -0.2) is 6.04 Å². The number of nitrogens with one attached hydrogen (secondary N) is 1. The molecule has 88 valence electrons. The van der Waals surface area contributed by atoms with E-state index >= 15 is 0 Å². The highest BCUT2D eigenvalue weighted by Crippen LogP contribution is 2.57. The topological polar surface area (TPSA) is 38.0 Å². The Morgan fingerprint density at radius 1 is 1.27 bits per heavy atom. The lowest BCUT2D eigenvalue weighted by atomic mass is 9.95. The first-order chi connectivity index (χ1) is 7.27. The van der Waals surface area contributed by atoms with E-state index in [1.54, 1.807) is 0 Å². The van der Waals surface area contributed by atoms with Crippen LogP contribution in [0.3, 0.4) is 0 Å². The van der Waals surface area contributed by atoms with Gasteiger partial charge >= 0.3 is 0 Å². The third-order valence-electron chi connectivity index (χ3n) is 4.75. The zero-order valence-corrected chi connectivity index (χ0v) is 10.2. The molecule has 2 nitrogen and oxygen atoms in total. The summed E-state index contributed by atoms with van der Waals surface area (Å²) in [5.41, 5.74) is 3.09. The van der Waals surface area contributed by atoms with Crippen LogP contribution in [0.15, 0.2) is 0 Å². The molecule has 0 aromatic carbocycles. The normalized spacial score (nSPS) is 38.2. The molecule has 0 saturated heterocycles. The summed E-state index contributed by atoms with van der Waals surface area (Å²) in [5, 5.41) is 0. The first-order valence-electron chi connectivity index (χ1n) is 6.74. The maximum atomic E-state index is 5.72. The standard InChI is InChI=1S/C13H26N2/c1-3-9(2)8-12(15-14)13-10-6-4-5-7-11(10)13/h9-13,15H,3-8,14H2,1-2H3. The van der Waals surface area contributed by atoms with E-state index in [0.717, 1.165) is 23.7 Å². The molecule has 0 aromatic rings. The summed E-state index contributed by atoms with van der Waals surface area (Å²) in [5.74, 6) is 9.48. The molecule has 0 heterocycles. The monoisotopic (exact) mass is 210 g/mol. The van der Waals surface area contributed by atoms with Crippen molar-refractivity contribution in [2.45, 2.75) is 58.4 Å². The second-order valence-corrected chi connectivity index (χ2v) is 5.71. The third-order valence-corrected chi connectivity index (χ3v) is 4.75. The van der Waals surface area contributed by atoms with Crippen LogP contribution in [0.5, 0.6) is 0 Å². The van der Waals surface area contributed by atoms with Gasteiger partial charge in [-0.3, -0.25) is 11.3 Å². The highest BCUT2D eigenvalue weighted by molar-refractivity contribution is 5.04. The molecular formula is C13H26N2. The molecule has 0 amide bonds. The molecule has 2 heteroatoms. The fourth-order valence-electron chi connectivity index (χ4n) is 3.58. The Kier molecular flexibility index (Phi) is 3.68. The van der Waals surface area contributed by atoms with Gasteiger partial charge in [0, 0.05) is 6.04 Å². The Labute approximate surface area is 94.0 Å². The smallest absolute Gasteiger partial charge is 0.0246 e. The number of hydrogen-bond donors (Lipinski definition) is 2. The van der Waals surface area contributed by atoms with Gasteiger partial charge < -0.3 is 0 Å². The maximum Gasteiger partial charge on any atom is 0.0246 e. The van der Waals surface area contributed by atoms with Crippen molar-refractivity contribution >= 4 is 0 Å². The van der Waals surface area contributed by atoms with Crippen molar-refractivity contribution in [3.05, 3.63) is 0 Å². The van der Waals surface area contributed by atoms with E-state index in [0.29, 0.717) is 6.04 Å². The molecule has 2 aliphatic rings. The van der Waals surface area contributed by atoms with Crippen molar-refractivity contribution in [2.75, 3.05) is 0 Å². The van der Waals surface area contributed by atoms with Gasteiger partial charge in [0.2, 0.25) is 0 Å². The Balaban J connectivity index is 1.85. The number of rotatable bonds is 5. The third kappa shape index (κ3) is 2.36. The number of hydrazine groups is 1. The van der Waals surface area contributed by atoms with E-state index < -0.39 is 0 Å². The number of hydrogen-bond acceptors (Lipinski definition) is 2. The summed E-state index contributed by atoms with van der Waals surface area (Å²) in [6.45, 7) is 4.62. The van der Waals surface area contributed by atoms with Crippen LogP contribution in [0.4, 0.5) is 0 Å². The summed E-state index contributed by atoms with van der Waals surface area (Å²) < 4.78 is 0. The minimum atomic E-state index is 0.591. The maximum absolute atomic E-state index is 5.72. The van der Waals surface area contributed by atoms with E-state index in [-0.39, 0.29) is 0 Å². The van der Waals surface area contributed by atoms with E-state index in [4.69, 9.17) is 5.84 Å². The van der Waals surface area contributed by atoms with E-state index in [1.807, 2.05) is 0 Å². The van der Waals surface area contributed by atoms with Gasteiger partial charge in [-0.05, 0) is 42.9 Å². The Hall–Kier alpha value is -0.0800. The number of fused-ring (bicyclic) bond motifs is 1. The van der Waals surface area contributed by atoms with E-state index in [9.17, 15) is 0 Å². The van der Waals surface area contributed by atoms with Crippen molar-refractivity contribution in [1.82, 2.24) is 5.43 Å². The van der Waals surface area contributed by atoms with Crippen molar-refractivity contribution in [3.8, 4) is 0 Å². The molecular weight excluding hydrogens is 184 g/mol. The zero-order valence-electron chi connectivity index (χ0n) is 10.2. The van der Waals surface area contributed by atoms with Crippen LogP contribution >= 0.6 is 0 Å². The Morgan fingerprint density at radius 2 is 1.87 bits per heavy atom. The lowest BCUT2D eigenvalue weighted by molar-refractivity contribution is 0.349. The molecule has 15 heavy (non-hydrogen) atoms. The number of nitrogens with two attached hydrogens (primary N) is 1. The van der Waals surface area contributed by atoms with E-state index in [1.165, 1.54) is 38.5 Å². The predicted molar refractivity (Wildman–Crippen MR) is 64.1 cm³/mol. The molecule has 2 rings (SSSR count). The first-order valence-corrected chi connectivity index (χ1v) is 6.74. The highest BCUT2D eigenvalue weighted by Gasteiger charge is 2.53. The highest BCUT2D eigenvalue weighted by atomic mass is 15.2. The second-order valence-electron chi connectivity index (χ2n) is 5.71. The molecule has 0 aromatic heterocycles. The summed E-state index contributed by atoms with van der Waals surface area (Å²) in [7, 11) is 0. The summed E-state index contributed by atoms with van der Waals surface area (Å²) >= 11 is 0. The molecule has 0 bridgehead atoms. The van der Waals surface area contributed by atoms with Crippen LogP contribution in [0, 0.1) is 23.7 Å². The molecule has 3 N–H and O–H groups in total. The van der Waals surface area contributed by atoms with Gasteiger partial charge in [-0.1, -0.05) is 33.1 Å². The first kappa shape index (κ1) is 11.4. The minimum absolute atomic E-state index is 0.591. The predicted octanol–water partition coefficient (Wildman–Crippen LogP) is 2.69. The van der Waals surface area contributed by atoms with Crippen LogP contribution in [0.2, 0.25) is 0 Å². The van der Waals surface area contributed by atoms with Crippen molar-refractivity contribution in [2.24, 2.45) is 29.5 Å². The molecule has 0 spiro atoms. The lowest BCUT2D eigenvalue weighted by Crippen LogP contribution is -2.38. The van der Waals surface area contributed by atoms with Crippen LogP contribution in [0.1, 0.15) is 52.4 Å². The van der Waals surface area contributed by atoms with Crippen molar-refractivity contribution in [3.63, 3.8) is 0 Å². The molecule has 2 fully saturated rings. The van der Waals surface area contributed by atoms with E-state index in [2.05, 4.69) is 19.3 Å². The summed E-state index contributed by atoms with van der Waals surface area (Å²) in [4.78, 5) is 0. The van der Waals surface area contributed by atoms with Crippen LogP contribution in [0.25, 0.3) is 0 Å². The van der Waals surface area contributed by atoms with Crippen molar-refractivity contribution < 1.29 is 0 Å². The molecule has 2 aliphatic carbocycles. The van der Waals surface area contributed by atoms with Gasteiger partial charge in [0.15, 0.2) is 0 Å². The quantitative estimate of drug-likeness (QED) is 0.541. The molecule has 0 radical (unpaired) electrons. The fourth-order valence-corrected chi connectivity index (χ4v) is 3.58. The largest absolute Gasteiger partial charge is 0.271 e. The van der Waals surface area contributed by atoms with Gasteiger partial charge in [-0.2, -0.15) is 0 Å². The lowest BCUT2D eigenvalue weighted by Gasteiger charge is -2.19. The SMILES string of the molecule is CCC(C)CC(NN)C1C2CCCCC21.